The van der Waals surface area contributed by atoms with Gasteiger partial charge in [0, 0.05) is 56.6 Å². The van der Waals surface area contributed by atoms with Gasteiger partial charge in [0.2, 0.25) is 0 Å². The second kappa shape index (κ2) is 27.1. The molecule has 126 heavy (non-hydrogen) atoms. The second-order valence-electron chi connectivity index (χ2n) is 41.8. The van der Waals surface area contributed by atoms with Gasteiger partial charge in [-0.2, -0.15) is 0 Å². The van der Waals surface area contributed by atoms with E-state index < -0.39 is 10.8 Å². The molecule has 0 saturated heterocycles. The van der Waals surface area contributed by atoms with Crippen LogP contribution in [0.5, 0.6) is 0 Å². The van der Waals surface area contributed by atoms with Crippen LogP contribution in [-0.4, -0.2) is 13.7 Å². The number of hydrogen-bond donors (Lipinski definition) is 0. The number of para-hydroxylation sites is 5. The minimum absolute atomic E-state index is 0.000748. The van der Waals surface area contributed by atoms with Crippen molar-refractivity contribution in [2.24, 2.45) is 0 Å². The summed E-state index contributed by atoms with van der Waals surface area (Å²) >= 11 is 0. The molecule has 0 bridgehead atoms. The zero-order valence-electron chi connectivity index (χ0n) is 74.0. The van der Waals surface area contributed by atoms with Crippen molar-refractivity contribution in [1.82, 2.24) is 0 Å². The molecule has 0 atom stereocenters. The lowest BCUT2D eigenvalue weighted by Gasteiger charge is -2.52. The number of nitrogens with zero attached hydrogens (tertiary/aromatic N) is 4. The minimum Gasteiger partial charge on any atom is -0.376 e. The van der Waals surface area contributed by atoms with Gasteiger partial charge in [0.25, 0.3) is 0 Å². The fraction of sp³-hybridized carbons (Fsp3) is 0.250. The highest BCUT2D eigenvalue weighted by Crippen LogP contribution is 2.67. The first-order valence-corrected chi connectivity index (χ1v) is 47.4. The zero-order chi connectivity index (χ0) is 84.2. The van der Waals surface area contributed by atoms with E-state index in [4.69, 9.17) is 0 Å². The van der Waals surface area contributed by atoms with Gasteiger partial charge >= 0.3 is 13.7 Å². The Kier molecular flexibility index (Phi) is 16.1. The summed E-state index contributed by atoms with van der Waals surface area (Å²) in [6, 6.07) is 128. The normalized spacial score (nSPS) is 19.7. The highest BCUT2D eigenvalue weighted by molar-refractivity contribution is 6.94. The number of hydrogen-bond acceptors (Lipinski definition) is 4. The maximum atomic E-state index is 2.83. The fourth-order valence-corrected chi connectivity index (χ4v) is 27.1. The Hall–Kier alpha value is -12.4. The van der Waals surface area contributed by atoms with Crippen molar-refractivity contribution in [1.29, 1.82) is 0 Å². The monoisotopic (exact) mass is 1620 g/mol. The summed E-state index contributed by atoms with van der Waals surface area (Å²) < 4.78 is 0. The van der Waals surface area contributed by atoms with Crippen molar-refractivity contribution in [2.75, 3.05) is 19.4 Å². The van der Waals surface area contributed by atoms with Gasteiger partial charge in [-0.1, -0.05) is 323 Å². The number of fused-ring (bicyclic) bond motifs is 21. The van der Waals surface area contributed by atoms with Crippen LogP contribution < -0.4 is 41.3 Å². The Balaban J connectivity index is 0.597. The second-order valence-corrected chi connectivity index (χ2v) is 41.8. The predicted octanol–water partition coefficient (Wildman–Crippen LogP) is 28.3. The molecule has 4 nitrogen and oxygen atoms in total. The van der Waals surface area contributed by atoms with Crippen molar-refractivity contribution in [2.45, 2.75) is 189 Å². The zero-order valence-corrected chi connectivity index (χ0v) is 74.0. The lowest BCUT2D eigenvalue weighted by atomic mass is 9.42. The van der Waals surface area contributed by atoms with Crippen LogP contribution in [0.25, 0.3) is 44.5 Å². The minimum atomic E-state index is -0.609. The number of benzene rings is 15. The first kappa shape index (κ1) is 75.0. The third-order valence-electron chi connectivity index (χ3n) is 33.5. The highest BCUT2D eigenvalue weighted by Gasteiger charge is 2.59. The average Bonchev–Trinajstić information content (AvgIpc) is 1.19. The summed E-state index contributed by atoms with van der Waals surface area (Å²) in [6.45, 7) is 19.9. The van der Waals surface area contributed by atoms with E-state index in [2.05, 4.69) is 396 Å². The summed E-state index contributed by atoms with van der Waals surface area (Å²) in [4.78, 5) is 11.1. The van der Waals surface area contributed by atoms with Gasteiger partial charge in [0.1, 0.15) is 0 Å². The summed E-state index contributed by atoms with van der Waals surface area (Å²) in [5, 5.41) is 0. The van der Waals surface area contributed by atoms with Crippen molar-refractivity contribution in [3.8, 4) is 44.5 Å². The van der Waals surface area contributed by atoms with E-state index in [0.717, 1.165) is 51.4 Å². The van der Waals surface area contributed by atoms with Crippen LogP contribution in [0, 0.1) is 0 Å². The largest absolute Gasteiger partial charge is 0.376 e. The van der Waals surface area contributed by atoms with Crippen molar-refractivity contribution < 1.29 is 0 Å². The molecule has 15 aromatic rings. The molecule has 0 N–H and O–H groups in total. The quantitative estimate of drug-likeness (QED) is 0.141. The molecule has 5 aliphatic carbocycles. The van der Waals surface area contributed by atoms with E-state index in [1.54, 1.807) is 0 Å². The topological polar surface area (TPSA) is 13.0 Å². The highest BCUT2D eigenvalue weighted by atomic mass is 15.2. The standard InChI is InChI=1S/C120H106B2N4/c1-115(2)62-64-117(5,6)101-73-107-89(71-99(101)115)92-68-82(70-110-111(92)121(125(107)85-40-19-12-20-41-85)103-50-30-48-97-113(103)123(110)105-52-27-25-46-95(105)119(97,83-36-15-10-16-37-83)84-38-17-11-18-39-84)78-56-54-76(55-57-78)79-34-29-35-80(66-79)77-58-60-86(61-59-77)126-108-74-102-100(116(3,4)63-65-118(102,7)8)72-90(108)91-67-81(75-32-13-9-14-33-75)69-109-112(91)122(126)104-51-31-49-98-114(104)124(109)106-53-28-26-47-96(106)120(98)93-44-23-21-42-87(93)88-43-22-24-45-94(88)120/h10-12,15-31,34-53,58-61,66-76,78H,9,13-14,32-33,54-57,62-65H2,1-8H3. The average molecular weight is 1630 g/mol. The Morgan fingerprint density at radius 3 is 1.13 bits per heavy atom. The van der Waals surface area contributed by atoms with Crippen LogP contribution >= 0.6 is 0 Å². The molecule has 0 unspecified atom stereocenters. The third kappa shape index (κ3) is 10.3. The van der Waals surface area contributed by atoms with Crippen LogP contribution in [0.3, 0.4) is 0 Å². The van der Waals surface area contributed by atoms with E-state index in [-0.39, 0.29) is 35.4 Å². The van der Waals surface area contributed by atoms with Crippen molar-refractivity contribution in [3.63, 3.8) is 0 Å². The SMILES string of the molecule is CC1(C)CCC(C)(C)c2cc3c(cc21)-c1cc(C2CCC(c4cccc(-c5ccc(N6B7c8cccc9c8N(c8ccccc8C98c9ccccc9-c9ccccc98)c8cc(C9CCCCC9)cc(c87)-c7cc8c(cc76)C(C)(C)CCC8(C)C)cc5)c4)CC2)cc2c1B(c1cccc4c1N2c1ccccc1C4(c1ccccc1)c1ccccc1)N3c1ccccc1. The maximum absolute atomic E-state index is 2.83. The number of rotatable bonds is 8. The predicted molar refractivity (Wildman–Crippen MR) is 529 cm³/mol. The molecule has 0 aromatic heterocycles. The van der Waals surface area contributed by atoms with Crippen LogP contribution in [-0.2, 0) is 32.5 Å². The Labute approximate surface area is 745 Å². The lowest BCUT2D eigenvalue weighted by molar-refractivity contribution is 0.332. The molecule has 2 saturated carbocycles. The van der Waals surface area contributed by atoms with Crippen LogP contribution in [0.2, 0.25) is 0 Å². The Morgan fingerprint density at radius 1 is 0.246 bits per heavy atom. The maximum Gasteiger partial charge on any atom is 0.333 e. The Morgan fingerprint density at radius 2 is 0.635 bits per heavy atom. The van der Waals surface area contributed by atoms with E-state index in [9.17, 15) is 0 Å². The molecule has 11 aliphatic rings. The first-order chi connectivity index (χ1) is 61.5. The molecule has 6 heterocycles. The number of anilines is 10. The van der Waals surface area contributed by atoms with E-state index in [1.165, 1.54) is 239 Å². The van der Waals surface area contributed by atoms with E-state index in [0.29, 0.717) is 17.8 Å². The van der Waals surface area contributed by atoms with E-state index >= 15 is 0 Å². The molecule has 0 amide bonds. The van der Waals surface area contributed by atoms with Gasteiger partial charge in [-0.05, 0) is 315 Å². The van der Waals surface area contributed by atoms with Gasteiger partial charge in [0.05, 0.1) is 22.2 Å². The molecule has 612 valence electrons. The first-order valence-electron chi connectivity index (χ1n) is 47.4. The van der Waals surface area contributed by atoms with Gasteiger partial charge in [-0.3, -0.25) is 0 Å². The molecular weight excluding hydrogens is 1520 g/mol. The van der Waals surface area contributed by atoms with Crippen LogP contribution in [0.4, 0.5) is 56.9 Å². The molecule has 1 spiro atoms. The van der Waals surface area contributed by atoms with Crippen LogP contribution in [0.15, 0.2) is 322 Å². The molecule has 15 aromatic carbocycles. The molecule has 6 aliphatic heterocycles. The molecule has 2 fully saturated rings. The molecule has 0 radical (unpaired) electrons. The van der Waals surface area contributed by atoms with Gasteiger partial charge < -0.3 is 19.4 Å². The van der Waals surface area contributed by atoms with E-state index in [1.807, 2.05) is 0 Å². The molecule has 26 rings (SSSR count). The fourth-order valence-electron chi connectivity index (χ4n) is 27.1. The summed E-state index contributed by atoms with van der Waals surface area (Å²) in [5.41, 5.74) is 49.3. The van der Waals surface area contributed by atoms with Crippen molar-refractivity contribution >= 4 is 92.4 Å². The van der Waals surface area contributed by atoms with Gasteiger partial charge in [-0.25, -0.2) is 0 Å². The van der Waals surface area contributed by atoms with Crippen LogP contribution in [0.1, 0.15) is 240 Å². The Bertz CT molecular complexity index is 6990. The summed E-state index contributed by atoms with van der Waals surface area (Å²) in [5.74, 6) is 1.31. The van der Waals surface area contributed by atoms with Gasteiger partial charge in [0.15, 0.2) is 0 Å². The van der Waals surface area contributed by atoms with Crippen molar-refractivity contribution in [3.05, 3.63) is 405 Å². The summed E-state index contributed by atoms with van der Waals surface area (Å²) in [6.07, 6.45) is 15.5. The molecule has 6 heteroatoms. The third-order valence-corrected chi connectivity index (χ3v) is 33.5. The van der Waals surface area contributed by atoms with Gasteiger partial charge in [-0.15, -0.1) is 0 Å². The molecular formula is C120H106B2N4. The smallest absolute Gasteiger partial charge is 0.333 e. The summed E-state index contributed by atoms with van der Waals surface area (Å²) in [7, 11) is 0. The lowest BCUT2D eigenvalue weighted by Crippen LogP contribution is -2.63.